The zero-order valence-electron chi connectivity index (χ0n) is 18.4. The predicted molar refractivity (Wildman–Crippen MR) is 124 cm³/mol. The summed E-state index contributed by atoms with van der Waals surface area (Å²) in [5.74, 6) is 0.102. The summed E-state index contributed by atoms with van der Waals surface area (Å²) in [6.45, 7) is 0.907. The van der Waals surface area contributed by atoms with Gasteiger partial charge in [-0.05, 0) is 16.7 Å². The largest absolute Gasteiger partial charge is 0.439 e. The van der Waals surface area contributed by atoms with Gasteiger partial charge in [0.05, 0.1) is 13.2 Å². The minimum Gasteiger partial charge on any atom is -0.439 e. The van der Waals surface area contributed by atoms with E-state index in [2.05, 4.69) is 0 Å². The second kappa shape index (κ2) is 9.59. The Balaban J connectivity index is 1.41. The number of ether oxygens (including phenoxy) is 2. The number of hydrogen-bond donors (Lipinski definition) is 0. The normalized spacial score (nSPS) is 24.8. The molecule has 5 rings (SSSR count). The van der Waals surface area contributed by atoms with Gasteiger partial charge >= 0.3 is 6.09 Å². The van der Waals surface area contributed by atoms with Gasteiger partial charge in [0.15, 0.2) is 6.10 Å². The van der Waals surface area contributed by atoms with Gasteiger partial charge in [-0.2, -0.15) is 0 Å². The zero-order chi connectivity index (χ0) is 22.6. The summed E-state index contributed by atoms with van der Waals surface area (Å²) in [7, 11) is 0. The Labute approximate surface area is 193 Å². The Bertz CT molecular complexity index is 1090. The number of Topliss-reactive ketones (excluding diaryl/α,β-unsaturated/α-hetero) is 1. The summed E-state index contributed by atoms with van der Waals surface area (Å²) in [5.41, 5.74) is 3.04. The van der Waals surface area contributed by atoms with Crippen molar-refractivity contribution in [3.63, 3.8) is 0 Å². The number of ketones is 1. The van der Waals surface area contributed by atoms with Gasteiger partial charge in [-0.1, -0.05) is 91.0 Å². The first-order valence-electron chi connectivity index (χ1n) is 11.4. The van der Waals surface area contributed by atoms with E-state index in [-0.39, 0.29) is 29.9 Å². The molecule has 2 fully saturated rings. The number of rotatable bonds is 7. The van der Waals surface area contributed by atoms with Crippen LogP contribution in [-0.2, 0) is 20.9 Å². The van der Waals surface area contributed by atoms with Crippen LogP contribution in [0.4, 0.5) is 4.79 Å². The number of amides is 1. The molecule has 1 saturated heterocycles. The van der Waals surface area contributed by atoms with Crippen molar-refractivity contribution in [2.75, 3.05) is 6.61 Å². The van der Waals surface area contributed by atoms with E-state index in [9.17, 15) is 9.59 Å². The lowest BCUT2D eigenvalue weighted by molar-refractivity contribution is -0.117. The molecule has 0 bridgehead atoms. The maximum absolute atomic E-state index is 13.2. The molecule has 5 nitrogen and oxygen atoms in total. The molecule has 1 aliphatic heterocycles. The third-order valence-electron chi connectivity index (χ3n) is 6.57. The van der Waals surface area contributed by atoms with E-state index in [0.29, 0.717) is 26.1 Å². The van der Waals surface area contributed by atoms with Crippen LogP contribution in [0.5, 0.6) is 0 Å². The molecule has 2 aliphatic rings. The fourth-order valence-corrected chi connectivity index (χ4v) is 5.02. The number of cyclic esters (lactones) is 1. The Morgan fingerprint density at radius 1 is 0.788 bits per heavy atom. The molecular formula is C28H27NO4. The van der Waals surface area contributed by atoms with Crippen molar-refractivity contribution in [2.24, 2.45) is 5.92 Å². The highest BCUT2D eigenvalue weighted by Gasteiger charge is 2.50. The lowest BCUT2D eigenvalue weighted by Crippen LogP contribution is -2.41. The summed E-state index contributed by atoms with van der Waals surface area (Å²) in [4.78, 5) is 27.5. The molecule has 1 aliphatic carbocycles. The summed E-state index contributed by atoms with van der Waals surface area (Å²) < 4.78 is 11.9. The van der Waals surface area contributed by atoms with Gasteiger partial charge in [-0.3, -0.25) is 9.69 Å². The fourth-order valence-electron chi connectivity index (χ4n) is 5.02. The van der Waals surface area contributed by atoms with Gasteiger partial charge in [0.1, 0.15) is 11.8 Å². The van der Waals surface area contributed by atoms with Crippen molar-refractivity contribution in [1.82, 2.24) is 4.90 Å². The average Bonchev–Trinajstić information content (AvgIpc) is 3.39. The second-order valence-electron chi connectivity index (χ2n) is 8.75. The van der Waals surface area contributed by atoms with E-state index < -0.39 is 6.10 Å². The maximum atomic E-state index is 13.2. The summed E-state index contributed by atoms with van der Waals surface area (Å²) >= 11 is 0. The van der Waals surface area contributed by atoms with Crippen LogP contribution < -0.4 is 0 Å². The predicted octanol–water partition coefficient (Wildman–Crippen LogP) is 5.49. The van der Waals surface area contributed by atoms with Crippen LogP contribution in [-0.4, -0.2) is 29.4 Å². The highest BCUT2D eigenvalue weighted by Crippen LogP contribution is 2.47. The summed E-state index contributed by atoms with van der Waals surface area (Å²) in [6, 6.07) is 29.2. The van der Waals surface area contributed by atoms with Crippen molar-refractivity contribution >= 4 is 11.9 Å². The molecule has 0 radical (unpaired) electrons. The molecule has 1 saturated carbocycles. The molecule has 0 spiro atoms. The van der Waals surface area contributed by atoms with Crippen molar-refractivity contribution in [1.29, 1.82) is 0 Å². The van der Waals surface area contributed by atoms with E-state index in [0.717, 1.165) is 16.7 Å². The first kappa shape index (κ1) is 21.4. The lowest BCUT2D eigenvalue weighted by atomic mass is 9.92. The average molecular weight is 442 g/mol. The van der Waals surface area contributed by atoms with Gasteiger partial charge in [0.2, 0.25) is 0 Å². The van der Waals surface area contributed by atoms with Crippen LogP contribution in [0.3, 0.4) is 0 Å². The minimum atomic E-state index is -0.428. The standard InChI is InChI=1S/C28H27NO4/c30-24-16-23(19-32-18-20-10-4-1-5-11-20)25(17-24)29-26(21-12-6-2-7-13-21)27(33-28(29)31)22-14-8-3-9-15-22/h1-15,23,25-27H,16-19H2/t23-,25-,26-,27+/m0/s1. The first-order chi connectivity index (χ1) is 16.2. The van der Waals surface area contributed by atoms with Crippen LogP contribution in [0.15, 0.2) is 91.0 Å². The van der Waals surface area contributed by atoms with Gasteiger partial charge < -0.3 is 9.47 Å². The van der Waals surface area contributed by atoms with E-state index in [4.69, 9.17) is 9.47 Å². The molecule has 3 aromatic carbocycles. The Morgan fingerprint density at radius 3 is 2.06 bits per heavy atom. The smallest absolute Gasteiger partial charge is 0.411 e. The fraction of sp³-hybridized carbons (Fsp3) is 0.286. The number of benzene rings is 3. The summed E-state index contributed by atoms with van der Waals surface area (Å²) in [6.07, 6.45) is -0.0479. The van der Waals surface area contributed by atoms with Crippen molar-refractivity contribution in [3.8, 4) is 0 Å². The monoisotopic (exact) mass is 441 g/mol. The van der Waals surface area contributed by atoms with Crippen LogP contribution in [0.25, 0.3) is 0 Å². The molecule has 3 aromatic rings. The van der Waals surface area contributed by atoms with E-state index in [1.807, 2.05) is 91.0 Å². The topological polar surface area (TPSA) is 55.8 Å². The molecule has 1 heterocycles. The molecule has 33 heavy (non-hydrogen) atoms. The van der Waals surface area contributed by atoms with Crippen molar-refractivity contribution in [3.05, 3.63) is 108 Å². The first-order valence-corrected chi connectivity index (χ1v) is 11.4. The molecule has 1 amide bonds. The Hall–Kier alpha value is -3.44. The molecule has 4 atom stereocenters. The van der Waals surface area contributed by atoms with E-state index >= 15 is 0 Å². The van der Waals surface area contributed by atoms with Gasteiger partial charge in [-0.25, -0.2) is 4.79 Å². The number of carbonyl (C=O) groups excluding carboxylic acids is 2. The van der Waals surface area contributed by atoms with E-state index in [1.165, 1.54) is 0 Å². The molecular weight excluding hydrogens is 414 g/mol. The van der Waals surface area contributed by atoms with E-state index in [1.54, 1.807) is 4.90 Å². The van der Waals surface area contributed by atoms with Gasteiger partial charge in [-0.15, -0.1) is 0 Å². The number of hydrogen-bond acceptors (Lipinski definition) is 4. The maximum Gasteiger partial charge on any atom is 0.411 e. The number of nitrogens with zero attached hydrogens (tertiary/aromatic N) is 1. The highest BCUT2D eigenvalue weighted by atomic mass is 16.6. The molecule has 0 unspecified atom stereocenters. The van der Waals surface area contributed by atoms with Crippen molar-refractivity contribution in [2.45, 2.75) is 37.6 Å². The third-order valence-corrected chi connectivity index (χ3v) is 6.57. The second-order valence-corrected chi connectivity index (χ2v) is 8.75. The Morgan fingerprint density at radius 2 is 1.39 bits per heavy atom. The van der Waals surface area contributed by atoms with Crippen LogP contribution in [0.2, 0.25) is 0 Å². The molecule has 168 valence electrons. The molecule has 0 N–H and O–H groups in total. The zero-order valence-corrected chi connectivity index (χ0v) is 18.4. The van der Waals surface area contributed by atoms with Gasteiger partial charge in [0, 0.05) is 24.8 Å². The number of carbonyl (C=O) groups is 2. The highest BCUT2D eigenvalue weighted by molar-refractivity contribution is 5.83. The SMILES string of the molecule is O=C1C[C@@H](COCc2ccccc2)[C@@H](N2C(=O)O[C@H](c3ccccc3)[C@@H]2c2ccccc2)C1. The Kier molecular flexibility index (Phi) is 6.22. The van der Waals surface area contributed by atoms with Crippen LogP contribution in [0, 0.1) is 5.92 Å². The van der Waals surface area contributed by atoms with Crippen LogP contribution in [0.1, 0.15) is 41.7 Å². The lowest BCUT2D eigenvalue weighted by Gasteiger charge is -2.33. The summed E-state index contributed by atoms with van der Waals surface area (Å²) in [5, 5.41) is 0. The minimum absolute atomic E-state index is 0.0607. The molecule has 5 heteroatoms. The quantitative estimate of drug-likeness (QED) is 0.487. The third kappa shape index (κ3) is 4.55. The van der Waals surface area contributed by atoms with Gasteiger partial charge in [0.25, 0.3) is 0 Å². The van der Waals surface area contributed by atoms with Crippen LogP contribution >= 0.6 is 0 Å². The molecule has 0 aromatic heterocycles. The van der Waals surface area contributed by atoms with Crippen molar-refractivity contribution < 1.29 is 19.1 Å².